The molecule has 1 aliphatic rings. The first-order valence-electron chi connectivity index (χ1n) is 10.0. The summed E-state index contributed by atoms with van der Waals surface area (Å²) in [5.41, 5.74) is 2.11. The van der Waals surface area contributed by atoms with Gasteiger partial charge in [-0.1, -0.05) is 48.5 Å². The number of para-hydroxylation sites is 1. The van der Waals surface area contributed by atoms with E-state index in [0.717, 1.165) is 25.9 Å². The van der Waals surface area contributed by atoms with E-state index in [1.165, 1.54) is 11.6 Å². The summed E-state index contributed by atoms with van der Waals surface area (Å²) in [5.74, 6) is 0.678. The van der Waals surface area contributed by atoms with Gasteiger partial charge in [0.2, 0.25) is 0 Å². The van der Waals surface area contributed by atoms with Crippen molar-refractivity contribution >= 4 is 11.6 Å². The van der Waals surface area contributed by atoms with Gasteiger partial charge >= 0.3 is 0 Å². The molecule has 7 nitrogen and oxygen atoms in total. The lowest BCUT2D eigenvalue weighted by Gasteiger charge is -2.38. The number of likely N-dealkylation sites (tertiary alicyclic amines) is 1. The summed E-state index contributed by atoms with van der Waals surface area (Å²) < 4.78 is 0. The molecule has 3 rings (SSSR count). The molecule has 0 radical (unpaired) electrons. The van der Waals surface area contributed by atoms with Gasteiger partial charge < -0.3 is 10.6 Å². The van der Waals surface area contributed by atoms with Gasteiger partial charge in [0.15, 0.2) is 5.96 Å². The molecule has 0 aromatic heterocycles. The highest BCUT2D eigenvalue weighted by Crippen LogP contribution is 2.20. The van der Waals surface area contributed by atoms with Crippen LogP contribution in [-0.4, -0.2) is 41.5 Å². The van der Waals surface area contributed by atoms with Crippen molar-refractivity contribution in [1.82, 2.24) is 15.5 Å². The van der Waals surface area contributed by atoms with Crippen LogP contribution in [0.2, 0.25) is 0 Å². The van der Waals surface area contributed by atoms with E-state index in [2.05, 4.69) is 51.7 Å². The van der Waals surface area contributed by atoms with Crippen LogP contribution in [0.15, 0.2) is 59.6 Å². The lowest BCUT2D eigenvalue weighted by Crippen LogP contribution is -2.51. The highest BCUT2D eigenvalue weighted by molar-refractivity contribution is 5.80. The number of rotatable bonds is 6. The Morgan fingerprint density at radius 3 is 2.62 bits per heavy atom. The number of hydrogen-bond acceptors (Lipinski definition) is 4. The SMILES string of the molecule is CN=C(NCc1ccccc1[N+](=O)[O-])NC1CCN(Cc2ccccc2)C(C)C1. The predicted octanol–water partition coefficient (Wildman–Crippen LogP) is 3.31. The van der Waals surface area contributed by atoms with Crippen LogP contribution in [0.25, 0.3) is 0 Å². The summed E-state index contributed by atoms with van der Waals surface area (Å²) in [6.45, 7) is 4.62. The highest BCUT2D eigenvalue weighted by Gasteiger charge is 2.26. The summed E-state index contributed by atoms with van der Waals surface area (Å²) >= 11 is 0. The first kappa shape index (κ1) is 20.8. The van der Waals surface area contributed by atoms with Crippen LogP contribution >= 0.6 is 0 Å². The van der Waals surface area contributed by atoms with Crippen molar-refractivity contribution < 1.29 is 4.92 Å². The van der Waals surface area contributed by atoms with Gasteiger partial charge in [-0.2, -0.15) is 0 Å². The molecule has 29 heavy (non-hydrogen) atoms. The molecule has 1 saturated heterocycles. The summed E-state index contributed by atoms with van der Waals surface area (Å²) in [5, 5.41) is 17.9. The Labute approximate surface area is 172 Å². The molecule has 1 aliphatic heterocycles. The Balaban J connectivity index is 1.51. The molecule has 0 aliphatic carbocycles. The van der Waals surface area contributed by atoms with E-state index < -0.39 is 0 Å². The summed E-state index contributed by atoms with van der Waals surface area (Å²) in [6, 6.07) is 18.1. The number of aliphatic imine (C=N–C) groups is 1. The third kappa shape index (κ3) is 5.77. The third-order valence-corrected chi connectivity index (χ3v) is 5.44. The molecular formula is C22H29N5O2. The molecule has 1 heterocycles. The fourth-order valence-corrected chi connectivity index (χ4v) is 3.81. The Bertz CT molecular complexity index is 840. The zero-order valence-electron chi connectivity index (χ0n) is 17.0. The number of nitro groups is 1. The van der Waals surface area contributed by atoms with E-state index in [4.69, 9.17) is 0 Å². The predicted molar refractivity (Wildman–Crippen MR) is 116 cm³/mol. The van der Waals surface area contributed by atoms with Crippen LogP contribution in [0.3, 0.4) is 0 Å². The normalized spacial score (nSPS) is 20.3. The lowest BCUT2D eigenvalue weighted by molar-refractivity contribution is -0.385. The van der Waals surface area contributed by atoms with Crippen LogP contribution < -0.4 is 10.6 Å². The number of nitrogens with zero attached hydrogens (tertiary/aromatic N) is 3. The number of hydrogen-bond donors (Lipinski definition) is 2. The fraction of sp³-hybridized carbons (Fsp3) is 0.409. The summed E-state index contributed by atoms with van der Waals surface area (Å²) in [4.78, 5) is 17.6. The van der Waals surface area contributed by atoms with Crippen molar-refractivity contribution in [1.29, 1.82) is 0 Å². The summed E-state index contributed by atoms with van der Waals surface area (Å²) in [6.07, 6.45) is 2.06. The molecule has 0 spiro atoms. The van der Waals surface area contributed by atoms with Crippen molar-refractivity contribution in [3.8, 4) is 0 Å². The molecule has 154 valence electrons. The third-order valence-electron chi connectivity index (χ3n) is 5.44. The molecule has 2 aromatic carbocycles. The van der Waals surface area contributed by atoms with Crippen LogP contribution in [0.4, 0.5) is 5.69 Å². The average Bonchev–Trinajstić information content (AvgIpc) is 2.74. The van der Waals surface area contributed by atoms with Crippen LogP contribution in [0.1, 0.15) is 30.9 Å². The van der Waals surface area contributed by atoms with E-state index in [-0.39, 0.29) is 10.6 Å². The number of nitro benzene ring substituents is 1. The Kier molecular flexibility index (Phi) is 7.19. The first-order valence-corrected chi connectivity index (χ1v) is 10.0. The number of nitrogens with one attached hydrogen (secondary N) is 2. The van der Waals surface area contributed by atoms with Gasteiger partial charge in [0, 0.05) is 50.4 Å². The minimum Gasteiger partial charge on any atom is -0.354 e. The number of piperidine rings is 1. The van der Waals surface area contributed by atoms with Crippen molar-refractivity contribution in [2.24, 2.45) is 4.99 Å². The zero-order valence-corrected chi connectivity index (χ0v) is 17.0. The quantitative estimate of drug-likeness (QED) is 0.339. The molecular weight excluding hydrogens is 366 g/mol. The van der Waals surface area contributed by atoms with Crippen molar-refractivity contribution in [2.75, 3.05) is 13.6 Å². The van der Waals surface area contributed by atoms with Gasteiger partial charge in [-0.15, -0.1) is 0 Å². The molecule has 0 saturated carbocycles. The first-order chi connectivity index (χ1) is 14.1. The minimum atomic E-state index is -0.350. The molecule has 2 unspecified atom stereocenters. The molecule has 1 fully saturated rings. The Morgan fingerprint density at radius 2 is 1.93 bits per heavy atom. The molecule has 7 heteroatoms. The lowest BCUT2D eigenvalue weighted by atomic mass is 9.97. The minimum absolute atomic E-state index is 0.123. The topological polar surface area (TPSA) is 82.8 Å². The van der Waals surface area contributed by atoms with Gasteiger partial charge in [-0.25, -0.2) is 0 Å². The second kappa shape index (κ2) is 10.0. The van der Waals surface area contributed by atoms with Gasteiger partial charge in [-0.05, 0) is 25.3 Å². The van der Waals surface area contributed by atoms with Gasteiger partial charge in [0.25, 0.3) is 5.69 Å². The second-order valence-corrected chi connectivity index (χ2v) is 7.48. The maximum absolute atomic E-state index is 11.2. The van der Waals surface area contributed by atoms with Crippen LogP contribution in [0.5, 0.6) is 0 Å². The van der Waals surface area contributed by atoms with Crippen LogP contribution in [0, 0.1) is 10.1 Å². The van der Waals surface area contributed by atoms with E-state index in [1.54, 1.807) is 19.2 Å². The van der Waals surface area contributed by atoms with E-state index in [9.17, 15) is 10.1 Å². The molecule has 2 aromatic rings. The average molecular weight is 396 g/mol. The Morgan fingerprint density at radius 1 is 1.21 bits per heavy atom. The molecule has 0 amide bonds. The van der Waals surface area contributed by atoms with Gasteiger partial charge in [0.05, 0.1) is 4.92 Å². The van der Waals surface area contributed by atoms with Gasteiger partial charge in [0.1, 0.15) is 0 Å². The largest absolute Gasteiger partial charge is 0.354 e. The molecule has 0 bridgehead atoms. The van der Waals surface area contributed by atoms with E-state index in [0.29, 0.717) is 30.2 Å². The maximum atomic E-state index is 11.2. The zero-order chi connectivity index (χ0) is 20.6. The fourth-order valence-electron chi connectivity index (χ4n) is 3.81. The van der Waals surface area contributed by atoms with Gasteiger partial charge in [-0.3, -0.25) is 20.0 Å². The number of guanidine groups is 1. The van der Waals surface area contributed by atoms with Crippen LogP contribution in [-0.2, 0) is 13.1 Å². The monoisotopic (exact) mass is 395 g/mol. The highest BCUT2D eigenvalue weighted by atomic mass is 16.6. The van der Waals surface area contributed by atoms with E-state index >= 15 is 0 Å². The Hall–Kier alpha value is -2.93. The molecule has 2 N–H and O–H groups in total. The number of benzene rings is 2. The maximum Gasteiger partial charge on any atom is 0.274 e. The summed E-state index contributed by atoms with van der Waals surface area (Å²) in [7, 11) is 1.72. The van der Waals surface area contributed by atoms with Crippen molar-refractivity contribution in [3.63, 3.8) is 0 Å². The molecule has 2 atom stereocenters. The van der Waals surface area contributed by atoms with Crippen molar-refractivity contribution in [2.45, 2.75) is 44.9 Å². The second-order valence-electron chi connectivity index (χ2n) is 7.48. The standard InChI is InChI=1S/C22H29N5O2/c1-17-14-20(12-13-26(17)16-18-8-4-3-5-9-18)25-22(23-2)24-15-19-10-6-7-11-21(19)27(28)29/h3-11,17,20H,12-16H2,1-2H3,(H2,23,24,25). The van der Waals surface area contributed by atoms with E-state index in [1.807, 2.05) is 12.1 Å². The van der Waals surface area contributed by atoms with Crippen molar-refractivity contribution in [3.05, 3.63) is 75.8 Å². The smallest absolute Gasteiger partial charge is 0.274 e.